The molecule has 0 radical (unpaired) electrons. The lowest BCUT2D eigenvalue weighted by molar-refractivity contribution is 0.104. The number of aromatic hydroxyl groups is 1. The maximum absolute atomic E-state index is 12.0. The Morgan fingerprint density at radius 1 is 1.15 bits per heavy atom. The van der Waals surface area contributed by atoms with Crippen LogP contribution in [0.25, 0.3) is 6.08 Å². The number of phenols is 1. The number of hydrogen-bond donors (Lipinski definition) is 1. The second kappa shape index (κ2) is 6.12. The van der Waals surface area contributed by atoms with Crippen LogP contribution in [-0.4, -0.2) is 10.9 Å². The lowest BCUT2D eigenvalue weighted by Crippen LogP contribution is -1.95. The smallest absolute Gasteiger partial charge is 0.189 e. The highest BCUT2D eigenvalue weighted by atomic mass is 35.5. The van der Waals surface area contributed by atoms with E-state index in [1.54, 1.807) is 6.08 Å². The number of phenolic OH excluding ortho intramolecular Hbond substituents is 1. The zero-order valence-corrected chi connectivity index (χ0v) is 12.2. The molecule has 0 unspecified atom stereocenters. The zero-order valence-electron chi connectivity index (χ0n) is 10.7. The fourth-order valence-corrected chi connectivity index (χ4v) is 2.19. The monoisotopic (exact) mass is 306 g/mol. The Morgan fingerprint density at radius 2 is 1.80 bits per heavy atom. The predicted molar refractivity (Wildman–Crippen MR) is 82.7 cm³/mol. The van der Waals surface area contributed by atoms with Gasteiger partial charge in [-0.2, -0.15) is 0 Å². The van der Waals surface area contributed by atoms with Gasteiger partial charge < -0.3 is 5.11 Å². The summed E-state index contributed by atoms with van der Waals surface area (Å²) in [5.41, 5.74) is 2.13. The Hall–Kier alpha value is -1.77. The van der Waals surface area contributed by atoms with Gasteiger partial charge in [0.15, 0.2) is 5.78 Å². The summed E-state index contributed by atoms with van der Waals surface area (Å²) in [6, 6.07) is 10.5. The van der Waals surface area contributed by atoms with Crippen molar-refractivity contribution in [1.82, 2.24) is 0 Å². The van der Waals surface area contributed by atoms with Crippen molar-refractivity contribution < 1.29 is 9.90 Å². The molecule has 0 aliphatic rings. The second-order valence-electron chi connectivity index (χ2n) is 4.39. The standard InChI is InChI=1S/C16H12Cl2O2/c1-10-2-4-11(5-3-10)6-7-15(19)13-8-12(17)9-14(18)16(13)20/h2-9,20H,1H3/b7-6+. The SMILES string of the molecule is Cc1ccc(/C=C/C(=O)c2cc(Cl)cc(Cl)c2O)cc1. The maximum atomic E-state index is 12.0. The molecule has 4 heteroatoms. The zero-order chi connectivity index (χ0) is 14.7. The number of halogens is 2. The van der Waals surface area contributed by atoms with Crippen LogP contribution in [0.5, 0.6) is 5.75 Å². The van der Waals surface area contributed by atoms with E-state index in [0.29, 0.717) is 5.02 Å². The average Bonchev–Trinajstić information content (AvgIpc) is 2.42. The van der Waals surface area contributed by atoms with E-state index in [2.05, 4.69) is 0 Å². The third-order valence-corrected chi connectivity index (χ3v) is 3.30. The fourth-order valence-electron chi connectivity index (χ4n) is 1.69. The maximum Gasteiger partial charge on any atom is 0.189 e. The van der Waals surface area contributed by atoms with E-state index >= 15 is 0 Å². The van der Waals surface area contributed by atoms with Crippen LogP contribution in [0.2, 0.25) is 10.0 Å². The molecular weight excluding hydrogens is 295 g/mol. The Kier molecular flexibility index (Phi) is 4.48. The van der Waals surface area contributed by atoms with Crippen molar-refractivity contribution in [3.05, 3.63) is 69.2 Å². The molecule has 0 aliphatic heterocycles. The molecule has 2 aromatic carbocycles. The predicted octanol–water partition coefficient (Wildman–Crippen LogP) is 4.90. The molecule has 0 aliphatic carbocycles. The van der Waals surface area contributed by atoms with Crippen molar-refractivity contribution in [3.63, 3.8) is 0 Å². The van der Waals surface area contributed by atoms with Gasteiger partial charge in [0.25, 0.3) is 0 Å². The second-order valence-corrected chi connectivity index (χ2v) is 5.24. The molecule has 0 amide bonds. The first-order chi connectivity index (χ1) is 9.47. The summed E-state index contributed by atoms with van der Waals surface area (Å²) in [7, 11) is 0. The van der Waals surface area contributed by atoms with Crippen molar-refractivity contribution in [2.75, 3.05) is 0 Å². The molecule has 102 valence electrons. The van der Waals surface area contributed by atoms with Gasteiger partial charge in [-0.15, -0.1) is 0 Å². The molecule has 0 bridgehead atoms. The topological polar surface area (TPSA) is 37.3 Å². The highest BCUT2D eigenvalue weighted by molar-refractivity contribution is 6.36. The molecule has 0 spiro atoms. The van der Waals surface area contributed by atoms with Crippen molar-refractivity contribution in [1.29, 1.82) is 0 Å². The molecule has 20 heavy (non-hydrogen) atoms. The first-order valence-electron chi connectivity index (χ1n) is 5.94. The lowest BCUT2D eigenvalue weighted by Gasteiger charge is -2.03. The van der Waals surface area contributed by atoms with Crippen LogP contribution in [0.15, 0.2) is 42.5 Å². The number of allylic oxidation sites excluding steroid dienone is 1. The van der Waals surface area contributed by atoms with Gasteiger partial charge in [0, 0.05) is 5.02 Å². The highest BCUT2D eigenvalue weighted by Gasteiger charge is 2.13. The summed E-state index contributed by atoms with van der Waals surface area (Å²) in [5, 5.41) is 10.1. The summed E-state index contributed by atoms with van der Waals surface area (Å²) < 4.78 is 0. The number of benzene rings is 2. The van der Waals surface area contributed by atoms with Gasteiger partial charge in [-0.25, -0.2) is 0 Å². The van der Waals surface area contributed by atoms with Gasteiger partial charge in [-0.05, 0) is 30.7 Å². The van der Waals surface area contributed by atoms with E-state index in [9.17, 15) is 9.90 Å². The molecule has 2 nitrogen and oxygen atoms in total. The summed E-state index contributed by atoms with van der Waals surface area (Å²) in [4.78, 5) is 12.0. The van der Waals surface area contributed by atoms with E-state index in [1.165, 1.54) is 18.2 Å². The van der Waals surface area contributed by atoms with Crippen LogP contribution in [0, 0.1) is 6.92 Å². The van der Waals surface area contributed by atoms with Gasteiger partial charge in [0.05, 0.1) is 10.6 Å². The number of carbonyl (C=O) groups is 1. The normalized spacial score (nSPS) is 10.9. The molecule has 0 aromatic heterocycles. The fraction of sp³-hybridized carbons (Fsp3) is 0.0625. The Balaban J connectivity index is 2.26. The molecule has 0 saturated heterocycles. The van der Waals surface area contributed by atoms with Crippen LogP contribution in [0.4, 0.5) is 0 Å². The van der Waals surface area contributed by atoms with Crippen LogP contribution in [0.1, 0.15) is 21.5 Å². The van der Waals surface area contributed by atoms with Gasteiger partial charge in [0.2, 0.25) is 0 Å². The number of hydrogen-bond acceptors (Lipinski definition) is 2. The third-order valence-electron chi connectivity index (χ3n) is 2.80. The summed E-state index contributed by atoms with van der Waals surface area (Å²) in [6.45, 7) is 1.99. The minimum absolute atomic E-state index is 0.0598. The molecule has 2 rings (SSSR count). The third kappa shape index (κ3) is 3.41. The van der Waals surface area contributed by atoms with E-state index in [4.69, 9.17) is 23.2 Å². The van der Waals surface area contributed by atoms with Crippen LogP contribution < -0.4 is 0 Å². The summed E-state index contributed by atoms with van der Waals surface area (Å²) >= 11 is 11.6. The first kappa shape index (κ1) is 14.6. The molecule has 0 atom stereocenters. The van der Waals surface area contributed by atoms with Crippen molar-refractivity contribution in [2.45, 2.75) is 6.92 Å². The minimum atomic E-state index is -0.354. The molecule has 0 fully saturated rings. The van der Waals surface area contributed by atoms with Gasteiger partial charge in [-0.3, -0.25) is 4.79 Å². The molecule has 0 heterocycles. The number of carbonyl (C=O) groups excluding carboxylic acids is 1. The van der Waals surface area contributed by atoms with Crippen LogP contribution in [0.3, 0.4) is 0 Å². The van der Waals surface area contributed by atoms with Gasteiger partial charge in [-0.1, -0.05) is 59.1 Å². The van der Waals surface area contributed by atoms with Crippen molar-refractivity contribution >= 4 is 35.1 Å². The Morgan fingerprint density at radius 3 is 2.45 bits per heavy atom. The summed E-state index contributed by atoms with van der Waals surface area (Å²) in [5.74, 6) is -0.609. The number of ketones is 1. The quantitative estimate of drug-likeness (QED) is 0.646. The van der Waals surface area contributed by atoms with Gasteiger partial charge >= 0.3 is 0 Å². The van der Waals surface area contributed by atoms with E-state index < -0.39 is 0 Å². The highest BCUT2D eigenvalue weighted by Crippen LogP contribution is 2.31. The number of rotatable bonds is 3. The Labute approximate surface area is 127 Å². The molecule has 2 aromatic rings. The Bertz CT molecular complexity index is 674. The largest absolute Gasteiger partial charge is 0.506 e. The molecule has 0 saturated carbocycles. The number of aryl methyl sites for hydroxylation is 1. The van der Waals surface area contributed by atoms with Crippen molar-refractivity contribution in [3.8, 4) is 5.75 Å². The van der Waals surface area contributed by atoms with E-state index in [0.717, 1.165) is 11.1 Å². The van der Waals surface area contributed by atoms with Gasteiger partial charge in [0.1, 0.15) is 5.75 Å². The average molecular weight is 307 g/mol. The first-order valence-corrected chi connectivity index (χ1v) is 6.70. The molecular formula is C16H12Cl2O2. The van der Waals surface area contributed by atoms with E-state index in [-0.39, 0.29) is 22.1 Å². The van der Waals surface area contributed by atoms with Crippen LogP contribution >= 0.6 is 23.2 Å². The van der Waals surface area contributed by atoms with E-state index in [1.807, 2.05) is 31.2 Å². The summed E-state index contributed by atoms with van der Waals surface area (Å²) in [6.07, 6.45) is 3.06. The molecule has 1 N–H and O–H groups in total. The minimum Gasteiger partial charge on any atom is -0.506 e. The van der Waals surface area contributed by atoms with Crippen LogP contribution in [-0.2, 0) is 0 Å². The van der Waals surface area contributed by atoms with Crippen molar-refractivity contribution in [2.24, 2.45) is 0 Å². The lowest BCUT2D eigenvalue weighted by atomic mass is 10.1.